The van der Waals surface area contributed by atoms with E-state index in [4.69, 9.17) is 4.74 Å². The summed E-state index contributed by atoms with van der Waals surface area (Å²) in [6.45, 7) is 2.07. The maximum Gasteiger partial charge on any atom is 0.252 e. The van der Waals surface area contributed by atoms with Gasteiger partial charge in [-0.15, -0.1) is 0 Å². The Morgan fingerprint density at radius 1 is 1.00 bits per heavy atom. The van der Waals surface area contributed by atoms with Gasteiger partial charge >= 0.3 is 0 Å². The molecule has 2 aromatic rings. The van der Waals surface area contributed by atoms with Gasteiger partial charge in [-0.3, -0.25) is 4.79 Å². The fraction of sp³-hybridized carbons (Fsp3) is 0.350. The van der Waals surface area contributed by atoms with Crippen molar-refractivity contribution in [2.75, 3.05) is 13.2 Å². The van der Waals surface area contributed by atoms with E-state index in [2.05, 4.69) is 24.3 Å². The molecule has 1 aliphatic rings. The van der Waals surface area contributed by atoms with Crippen molar-refractivity contribution in [2.45, 2.75) is 31.9 Å². The van der Waals surface area contributed by atoms with Crippen molar-refractivity contribution >= 4 is 5.91 Å². The molecule has 1 saturated heterocycles. The third-order valence-electron chi connectivity index (χ3n) is 4.25. The van der Waals surface area contributed by atoms with Crippen LogP contribution < -0.4 is 0 Å². The summed E-state index contributed by atoms with van der Waals surface area (Å²) in [5.74, 6) is 0.127. The summed E-state index contributed by atoms with van der Waals surface area (Å²) in [6.07, 6.45) is 2.44. The second-order valence-corrected chi connectivity index (χ2v) is 5.98. The summed E-state index contributed by atoms with van der Waals surface area (Å²) >= 11 is 0. The van der Waals surface area contributed by atoms with Gasteiger partial charge in [-0.05, 0) is 30.4 Å². The minimum atomic E-state index is -0.255. The SMILES string of the molecule is O=C([C@@H]1CCCO1)N(CCc1ccccc1)Cc1ccccc1. The smallest absolute Gasteiger partial charge is 0.252 e. The van der Waals surface area contributed by atoms with E-state index in [9.17, 15) is 4.79 Å². The number of ether oxygens (including phenoxy) is 1. The van der Waals surface area contributed by atoms with E-state index in [1.807, 2.05) is 41.3 Å². The van der Waals surface area contributed by atoms with Gasteiger partial charge in [0.05, 0.1) is 0 Å². The largest absolute Gasteiger partial charge is 0.368 e. The summed E-state index contributed by atoms with van der Waals surface area (Å²) in [4.78, 5) is 14.7. The van der Waals surface area contributed by atoms with E-state index in [0.29, 0.717) is 13.2 Å². The zero-order chi connectivity index (χ0) is 15.9. The molecule has 120 valence electrons. The number of hydrogen-bond acceptors (Lipinski definition) is 2. The third kappa shape index (κ3) is 4.42. The molecule has 0 N–H and O–H groups in total. The van der Waals surface area contributed by atoms with Crippen LogP contribution in [0.15, 0.2) is 60.7 Å². The van der Waals surface area contributed by atoms with E-state index >= 15 is 0 Å². The number of nitrogens with zero attached hydrogens (tertiary/aromatic N) is 1. The molecule has 0 aromatic heterocycles. The minimum absolute atomic E-state index is 0.127. The van der Waals surface area contributed by atoms with Crippen LogP contribution in [0.1, 0.15) is 24.0 Å². The molecule has 0 radical (unpaired) electrons. The lowest BCUT2D eigenvalue weighted by molar-refractivity contribution is -0.141. The first-order valence-corrected chi connectivity index (χ1v) is 8.31. The standard InChI is InChI=1S/C20H23NO2/c22-20(19-12-7-15-23-19)21(16-18-10-5-2-6-11-18)14-13-17-8-3-1-4-9-17/h1-6,8-11,19H,7,12-16H2/t19-/m0/s1. The van der Waals surface area contributed by atoms with Crippen molar-refractivity contribution in [1.29, 1.82) is 0 Å². The number of carbonyl (C=O) groups is 1. The van der Waals surface area contributed by atoms with Gasteiger partial charge in [-0.2, -0.15) is 0 Å². The third-order valence-corrected chi connectivity index (χ3v) is 4.25. The topological polar surface area (TPSA) is 29.5 Å². The zero-order valence-corrected chi connectivity index (χ0v) is 13.4. The van der Waals surface area contributed by atoms with Crippen molar-refractivity contribution in [3.05, 3.63) is 71.8 Å². The molecule has 1 amide bonds. The van der Waals surface area contributed by atoms with E-state index in [1.165, 1.54) is 5.56 Å². The molecule has 0 bridgehead atoms. The van der Waals surface area contributed by atoms with Crippen LogP contribution in [0.25, 0.3) is 0 Å². The summed E-state index contributed by atoms with van der Waals surface area (Å²) in [7, 11) is 0. The molecule has 0 aliphatic carbocycles. The van der Waals surface area contributed by atoms with Gasteiger partial charge in [0.2, 0.25) is 0 Å². The average Bonchev–Trinajstić information content (AvgIpc) is 3.14. The van der Waals surface area contributed by atoms with Gasteiger partial charge in [0.15, 0.2) is 0 Å². The number of hydrogen-bond donors (Lipinski definition) is 0. The molecule has 1 heterocycles. The molecule has 1 atom stereocenters. The number of rotatable bonds is 6. The van der Waals surface area contributed by atoms with Crippen LogP contribution in [0.4, 0.5) is 0 Å². The van der Waals surface area contributed by atoms with E-state index < -0.39 is 0 Å². The molecule has 1 aliphatic heterocycles. The normalized spacial score (nSPS) is 17.1. The van der Waals surface area contributed by atoms with Crippen molar-refractivity contribution in [1.82, 2.24) is 4.90 Å². The van der Waals surface area contributed by atoms with E-state index in [-0.39, 0.29) is 12.0 Å². The molecule has 23 heavy (non-hydrogen) atoms. The Morgan fingerprint density at radius 2 is 1.65 bits per heavy atom. The lowest BCUT2D eigenvalue weighted by atomic mass is 10.1. The first-order chi connectivity index (χ1) is 11.3. The second kappa shape index (κ2) is 7.93. The fourth-order valence-electron chi connectivity index (χ4n) is 2.96. The Balaban J connectivity index is 1.68. The number of benzene rings is 2. The van der Waals surface area contributed by atoms with Crippen LogP contribution in [0.2, 0.25) is 0 Å². The van der Waals surface area contributed by atoms with Crippen LogP contribution >= 0.6 is 0 Å². The number of carbonyl (C=O) groups excluding carboxylic acids is 1. The van der Waals surface area contributed by atoms with Crippen molar-refractivity contribution < 1.29 is 9.53 Å². The Morgan fingerprint density at radius 3 is 2.26 bits per heavy atom. The summed E-state index contributed by atoms with van der Waals surface area (Å²) in [5, 5.41) is 0. The van der Waals surface area contributed by atoms with Gasteiger partial charge in [0.1, 0.15) is 6.10 Å². The Kier molecular flexibility index (Phi) is 5.43. The second-order valence-electron chi connectivity index (χ2n) is 5.98. The number of amides is 1. The van der Waals surface area contributed by atoms with E-state index in [1.54, 1.807) is 0 Å². The highest BCUT2D eigenvalue weighted by atomic mass is 16.5. The van der Waals surface area contributed by atoms with Crippen molar-refractivity contribution in [3.8, 4) is 0 Å². The molecule has 3 nitrogen and oxygen atoms in total. The molecule has 0 spiro atoms. The van der Waals surface area contributed by atoms with Crippen LogP contribution in [0.3, 0.4) is 0 Å². The lowest BCUT2D eigenvalue weighted by Gasteiger charge is -2.25. The molecule has 0 unspecified atom stereocenters. The van der Waals surface area contributed by atoms with Gasteiger partial charge < -0.3 is 9.64 Å². The summed E-state index contributed by atoms with van der Waals surface area (Å²) < 4.78 is 5.59. The van der Waals surface area contributed by atoms with Crippen molar-refractivity contribution in [2.24, 2.45) is 0 Å². The summed E-state index contributed by atoms with van der Waals surface area (Å²) in [6, 6.07) is 20.5. The van der Waals surface area contributed by atoms with Gasteiger partial charge in [0, 0.05) is 19.7 Å². The van der Waals surface area contributed by atoms with Crippen LogP contribution in [0, 0.1) is 0 Å². The molecule has 3 heteroatoms. The monoisotopic (exact) mass is 309 g/mol. The van der Waals surface area contributed by atoms with Crippen LogP contribution in [0.5, 0.6) is 0 Å². The predicted molar refractivity (Wildman–Crippen MR) is 91.0 cm³/mol. The predicted octanol–water partition coefficient (Wildman–Crippen LogP) is 3.44. The molecule has 1 fully saturated rings. The Bertz CT molecular complexity index is 606. The van der Waals surface area contributed by atoms with Gasteiger partial charge in [-0.1, -0.05) is 60.7 Å². The fourth-order valence-corrected chi connectivity index (χ4v) is 2.96. The Hall–Kier alpha value is -2.13. The highest BCUT2D eigenvalue weighted by Gasteiger charge is 2.28. The van der Waals surface area contributed by atoms with E-state index in [0.717, 1.165) is 31.4 Å². The molecular formula is C20H23NO2. The quantitative estimate of drug-likeness (QED) is 0.818. The van der Waals surface area contributed by atoms with Crippen LogP contribution in [-0.4, -0.2) is 30.1 Å². The molecule has 2 aromatic carbocycles. The lowest BCUT2D eigenvalue weighted by Crippen LogP contribution is -2.39. The first kappa shape index (κ1) is 15.8. The van der Waals surface area contributed by atoms with Gasteiger partial charge in [-0.25, -0.2) is 0 Å². The average molecular weight is 309 g/mol. The maximum atomic E-state index is 12.8. The highest BCUT2D eigenvalue weighted by molar-refractivity contribution is 5.81. The van der Waals surface area contributed by atoms with Crippen molar-refractivity contribution in [3.63, 3.8) is 0 Å². The minimum Gasteiger partial charge on any atom is -0.368 e. The highest BCUT2D eigenvalue weighted by Crippen LogP contribution is 2.17. The summed E-state index contributed by atoms with van der Waals surface area (Å²) in [5.41, 5.74) is 2.41. The van der Waals surface area contributed by atoms with Crippen LogP contribution in [-0.2, 0) is 22.5 Å². The molecular weight excluding hydrogens is 286 g/mol. The molecule has 0 saturated carbocycles. The Labute approximate surface area is 137 Å². The molecule has 3 rings (SSSR count). The first-order valence-electron chi connectivity index (χ1n) is 8.31. The zero-order valence-electron chi connectivity index (χ0n) is 13.4. The maximum absolute atomic E-state index is 12.8. The van der Waals surface area contributed by atoms with Gasteiger partial charge in [0.25, 0.3) is 5.91 Å².